The minimum absolute atomic E-state index is 0.0719. The molecule has 2 heterocycles. The van der Waals surface area contributed by atoms with E-state index in [0.29, 0.717) is 37.6 Å². The van der Waals surface area contributed by atoms with Crippen LogP contribution in [0.5, 0.6) is 5.75 Å². The van der Waals surface area contributed by atoms with E-state index in [-0.39, 0.29) is 29.9 Å². The van der Waals surface area contributed by atoms with Crippen molar-refractivity contribution in [1.29, 1.82) is 0 Å². The second-order valence-electron chi connectivity index (χ2n) is 7.82. The molecule has 0 aliphatic carbocycles. The summed E-state index contributed by atoms with van der Waals surface area (Å²) in [6.07, 6.45) is 0.766. The van der Waals surface area contributed by atoms with Crippen LogP contribution in [0.25, 0.3) is 0 Å². The standard InChI is InChI=1S/C23H27N3O5S/c1-3-25(4-2)32(29,30)19-9-10-21-20(13-19)26(23(28)16-31-21)15-22(27)24-12-11-17-7-5-6-8-18(17)14-24/h5-10,13H,3-4,11-12,14-16H2,1-2H3. The number of rotatable bonds is 6. The molecule has 0 bridgehead atoms. The molecule has 0 aromatic heterocycles. The highest BCUT2D eigenvalue weighted by Gasteiger charge is 2.32. The third-order valence-corrected chi connectivity index (χ3v) is 8.04. The van der Waals surface area contributed by atoms with Crippen LogP contribution in [0, 0.1) is 0 Å². The van der Waals surface area contributed by atoms with Crippen molar-refractivity contribution in [2.24, 2.45) is 0 Å². The van der Waals surface area contributed by atoms with Gasteiger partial charge in [0.2, 0.25) is 15.9 Å². The molecule has 4 rings (SSSR count). The molecule has 32 heavy (non-hydrogen) atoms. The van der Waals surface area contributed by atoms with E-state index in [1.807, 2.05) is 18.2 Å². The summed E-state index contributed by atoms with van der Waals surface area (Å²) in [7, 11) is -3.71. The molecule has 0 unspecified atom stereocenters. The quantitative estimate of drug-likeness (QED) is 0.663. The number of sulfonamides is 1. The number of fused-ring (bicyclic) bond motifs is 2. The fraction of sp³-hybridized carbons (Fsp3) is 0.391. The van der Waals surface area contributed by atoms with Crippen molar-refractivity contribution in [2.45, 2.75) is 31.7 Å². The fourth-order valence-corrected chi connectivity index (χ4v) is 5.65. The molecule has 2 amide bonds. The number of hydrogen-bond acceptors (Lipinski definition) is 5. The Balaban J connectivity index is 1.60. The lowest BCUT2D eigenvalue weighted by Crippen LogP contribution is -2.47. The van der Waals surface area contributed by atoms with Crippen LogP contribution in [-0.2, 0) is 32.6 Å². The number of anilines is 1. The van der Waals surface area contributed by atoms with Crippen molar-refractivity contribution >= 4 is 27.5 Å². The first-order chi connectivity index (χ1) is 15.3. The summed E-state index contributed by atoms with van der Waals surface area (Å²) in [5, 5.41) is 0. The van der Waals surface area contributed by atoms with E-state index in [0.717, 1.165) is 12.0 Å². The second kappa shape index (κ2) is 8.91. The smallest absolute Gasteiger partial charge is 0.265 e. The van der Waals surface area contributed by atoms with Gasteiger partial charge in [0, 0.05) is 26.2 Å². The molecule has 0 fully saturated rings. The molecular formula is C23H27N3O5S. The highest BCUT2D eigenvalue weighted by atomic mass is 32.2. The van der Waals surface area contributed by atoms with Crippen LogP contribution in [0.4, 0.5) is 5.69 Å². The molecule has 2 aliphatic heterocycles. The van der Waals surface area contributed by atoms with Crippen LogP contribution in [0.2, 0.25) is 0 Å². The molecular weight excluding hydrogens is 430 g/mol. The predicted molar refractivity (Wildman–Crippen MR) is 120 cm³/mol. The van der Waals surface area contributed by atoms with Crippen molar-refractivity contribution < 1.29 is 22.7 Å². The van der Waals surface area contributed by atoms with Gasteiger partial charge in [0.15, 0.2) is 6.61 Å². The molecule has 9 heteroatoms. The lowest BCUT2D eigenvalue weighted by Gasteiger charge is -2.33. The number of carbonyl (C=O) groups excluding carboxylic acids is 2. The molecule has 0 N–H and O–H groups in total. The molecule has 2 aromatic rings. The first-order valence-corrected chi connectivity index (χ1v) is 12.2. The van der Waals surface area contributed by atoms with Gasteiger partial charge in [-0.25, -0.2) is 8.42 Å². The number of nitrogens with zero attached hydrogens (tertiary/aromatic N) is 3. The molecule has 170 valence electrons. The Kier molecular flexibility index (Phi) is 6.21. The molecule has 0 saturated heterocycles. The maximum atomic E-state index is 13.1. The van der Waals surface area contributed by atoms with E-state index in [9.17, 15) is 18.0 Å². The highest BCUT2D eigenvalue weighted by molar-refractivity contribution is 7.89. The number of hydrogen-bond donors (Lipinski definition) is 0. The zero-order chi connectivity index (χ0) is 22.9. The van der Waals surface area contributed by atoms with E-state index in [2.05, 4.69) is 6.07 Å². The molecule has 2 aromatic carbocycles. The van der Waals surface area contributed by atoms with Crippen LogP contribution in [0.15, 0.2) is 47.4 Å². The van der Waals surface area contributed by atoms with Crippen LogP contribution in [0.3, 0.4) is 0 Å². The third-order valence-electron chi connectivity index (χ3n) is 5.99. The SMILES string of the molecule is CCN(CC)S(=O)(=O)c1ccc2c(c1)N(CC(=O)N1CCc3ccccc3C1)C(=O)CO2. The van der Waals surface area contributed by atoms with Gasteiger partial charge >= 0.3 is 0 Å². The van der Waals surface area contributed by atoms with Crippen LogP contribution >= 0.6 is 0 Å². The summed E-state index contributed by atoms with van der Waals surface area (Å²) in [6, 6.07) is 12.5. The van der Waals surface area contributed by atoms with Gasteiger partial charge in [0.25, 0.3) is 5.91 Å². The van der Waals surface area contributed by atoms with Gasteiger partial charge < -0.3 is 9.64 Å². The zero-order valence-corrected chi connectivity index (χ0v) is 19.1. The molecule has 0 atom stereocenters. The number of ether oxygens (including phenoxy) is 1. The van der Waals surface area contributed by atoms with Gasteiger partial charge in [-0.2, -0.15) is 4.31 Å². The van der Waals surface area contributed by atoms with Gasteiger partial charge in [-0.3, -0.25) is 14.5 Å². The van der Waals surface area contributed by atoms with Crippen molar-refractivity contribution in [3.63, 3.8) is 0 Å². The van der Waals surface area contributed by atoms with Crippen molar-refractivity contribution in [2.75, 3.05) is 37.7 Å². The van der Waals surface area contributed by atoms with Crippen molar-refractivity contribution in [1.82, 2.24) is 9.21 Å². The minimum atomic E-state index is -3.71. The Hall–Kier alpha value is -2.91. The Morgan fingerprint density at radius 3 is 2.53 bits per heavy atom. The summed E-state index contributed by atoms with van der Waals surface area (Å²) in [5.74, 6) is -0.168. The maximum absolute atomic E-state index is 13.1. The molecule has 8 nitrogen and oxygen atoms in total. The van der Waals surface area contributed by atoms with Gasteiger partial charge in [0.1, 0.15) is 12.3 Å². The Labute approximate surface area is 188 Å². The summed E-state index contributed by atoms with van der Waals surface area (Å²) < 4.78 is 32.8. The van der Waals surface area contributed by atoms with Crippen LogP contribution in [0.1, 0.15) is 25.0 Å². The van der Waals surface area contributed by atoms with E-state index < -0.39 is 10.0 Å². The van der Waals surface area contributed by atoms with Gasteiger partial charge in [-0.15, -0.1) is 0 Å². The first kappa shape index (κ1) is 22.3. The number of benzene rings is 2. The summed E-state index contributed by atoms with van der Waals surface area (Å²) in [4.78, 5) is 28.9. The predicted octanol–water partition coefficient (Wildman–Crippen LogP) is 2.03. The Bertz CT molecular complexity index is 1140. The second-order valence-corrected chi connectivity index (χ2v) is 9.76. The van der Waals surface area contributed by atoms with Crippen molar-refractivity contribution in [3.05, 3.63) is 53.6 Å². The molecule has 0 saturated carbocycles. The highest BCUT2D eigenvalue weighted by Crippen LogP contribution is 2.35. The number of amides is 2. The molecule has 2 aliphatic rings. The van der Waals surface area contributed by atoms with Crippen LogP contribution < -0.4 is 9.64 Å². The van der Waals surface area contributed by atoms with E-state index in [4.69, 9.17) is 4.74 Å². The van der Waals surface area contributed by atoms with E-state index in [1.54, 1.807) is 24.8 Å². The average molecular weight is 458 g/mol. The van der Waals surface area contributed by atoms with Crippen molar-refractivity contribution in [3.8, 4) is 5.75 Å². The summed E-state index contributed by atoms with van der Waals surface area (Å²) in [6.45, 7) is 4.95. The minimum Gasteiger partial charge on any atom is -0.482 e. The topological polar surface area (TPSA) is 87.2 Å². The molecule has 0 radical (unpaired) electrons. The third kappa shape index (κ3) is 4.10. The fourth-order valence-electron chi connectivity index (χ4n) is 4.17. The van der Waals surface area contributed by atoms with E-state index >= 15 is 0 Å². The summed E-state index contributed by atoms with van der Waals surface area (Å²) in [5.41, 5.74) is 2.64. The largest absolute Gasteiger partial charge is 0.482 e. The number of carbonyl (C=O) groups is 2. The average Bonchev–Trinajstić information content (AvgIpc) is 2.80. The monoisotopic (exact) mass is 457 g/mol. The normalized spacial score (nSPS) is 15.9. The van der Waals surface area contributed by atoms with E-state index in [1.165, 1.54) is 26.9 Å². The zero-order valence-electron chi connectivity index (χ0n) is 18.3. The van der Waals surface area contributed by atoms with Crippen LogP contribution in [-0.4, -0.2) is 62.2 Å². The Morgan fingerprint density at radius 1 is 1.09 bits per heavy atom. The first-order valence-electron chi connectivity index (χ1n) is 10.8. The van der Waals surface area contributed by atoms with Gasteiger partial charge in [-0.05, 0) is 35.7 Å². The maximum Gasteiger partial charge on any atom is 0.265 e. The molecule has 0 spiro atoms. The van der Waals surface area contributed by atoms with Gasteiger partial charge in [0.05, 0.1) is 10.6 Å². The van der Waals surface area contributed by atoms with Gasteiger partial charge in [-0.1, -0.05) is 38.1 Å². The Morgan fingerprint density at radius 2 is 1.81 bits per heavy atom. The lowest BCUT2D eigenvalue weighted by atomic mass is 10.00. The lowest BCUT2D eigenvalue weighted by molar-refractivity contribution is -0.132. The summed E-state index contributed by atoms with van der Waals surface area (Å²) >= 11 is 0.